The molecule has 11 heavy (non-hydrogen) atoms. The van der Waals surface area contributed by atoms with E-state index >= 15 is 0 Å². The van der Waals surface area contributed by atoms with E-state index in [1.165, 1.54) is 26.9 Å². The zero-order chi connectivity index (χ0) is 8.15. The smallest absolute Gasteiger partial charge is 0.155 e. The van der Waals surface area contributed by atoms with Crippen molar-refractivity contribution in [2.24, 2.45) is 0 Å². The Balaban J connectivity index is 0. The van der Waals surface area contributed by atoms with Gasteiger partial charge in [0.15, 0.2) is 6.03 Å². The molecule has 0 aromatic carbocycles. The number of hydrogen-bond donors (Lipinski definition) is 0. The zero-order valence-electron chi connectivity index (χ0n) is 6.20. The molecule has 0 heterocycles. The summed E-state index contributed by atoms with van der Waals surface area (Å²) in [7, 11) is 2.40. The maximum Gasteiger partial charge on any atom is 0.155 e. The van der Waals surface area contributed by atoms with Crippen molar-refractivity contribution in [1.29, 1.82) is 0 Å². The predicted molar refractivity (Wildman–Crippen MR) is 32.3 cm³/mol. The number of rotatable bonds is 2. The van der Waals surface area contributed by atoms with Crippen molar-refractivity contribution in [3.8, 4) is 0 Å². The SMILES string of the molecule is CN([C-]=O)C(=O)N(C)[C-]=O.[Y]. The van der Waals surface area contributed by atoms with E-state index < -0.39 is 6.03 Å². The van der Waals surface area contributed by atoms with Crippen LogP contribution >= 0.6 is 0 Å². The van der Waals surface area contributed by atoms with Gasteiger partial charge in [0, 0.05) is 32.7 Å². The van der Waals surface area contributed by atoms with Crippen molar-refractivity contribution in [1.82, 2.24) is 9.80 Å². The van der Waals surface area contributed by atoms with Crippen LogP contribution in [-0.4, -0.2) is 42.7 Å². The molecule has 59 valence electrons. The maximum atomic E-state index is 10.6. The summed E-state index contributed by atoms with van der Waals surface area (Å²) in [6.07, 6.45) is 2.59. The zero-order valence-corrected chi connectivity index (χ0v) is 9.03. The Morgan fingerprint density at radius 3 is 1.55 bits per heavy atom. The molecule has 0 fully saturated rings. The Morgan fingerprint density at radius 2 is 1.36 bits per heavy atom. The van der Waals surface area contributed by atoms with Crippen molar-refractivity contribution in [3.63, 3.8) is 0 Å². The minimum atomic E-state index is -0.759. The van der Waals surface area contributed by atoms with Crippen molar-refractivity contribution in [2.75, 3.05) is 14.1 Å². The number of amides is 4. The second kappa shape index (κ2) is 6.43. The predicted octanol–water partition coefficient (Wildman–Crippen LogP) is -0.898. The van der Waals surface area contributed by atoms with E-state index in [-0.39, 0.29) is 32.7 Å². The molecule has 0 bridgehead atoms. The minimum absolute atomic E-state index is 0. The summed E-state index contributed by atoms with van der Waals surface area (Å²) in [5, 5.41) is 0. The summed E-state index contributed by atoms with van der Waals surface area (Å²) in [6, 6.07) is -0.759. The molecule has 0 aliphatic rings. The second-order valence-corrected chi connectivity index (χ2v) is 1.58. The van der Waals surface area contributed by atoms with Crippen molar-refractivity contribution in [2.45, 2.75) is 0 Å². The van der Waals surface area contributed by atoms with Gasteiger partial charge in [-0.25, -0.2) is 0 Å². The van der Waals surface area contributed by atoms with Crippen molar-refractivity contribution < 1.29 is 47.1 Å². The second-order valence-electron chi connectivity index (χ2n) is 1.58. The van der Waals surface area contributed by atoms with Crippen LogP contribution in [0.1, 0.15) is 0 Å². The topological polar surface area (TPSA) is 57.7 Å². The van der Waals surface area contributed by atoms with E-state index in [1.807, 2.05) is 0 Å². The Bertz CT molecular complexity index is 146. The van der Waals surface area contributed by atoms with Crippen LogP contribution in [-0.2, 0) is 42.3 Å². The van der Waals surface area contributed by atoms with E-state index in [4.69, 9.17) is 0 Å². The van der Waals surface area contributed by atoms with Crippen LogP contribution in [0.4, 0.5) is 4.79 Å². The summed E-state index contributed by atoms with van der Waals surface area (Å²) in [6.45, 7) is 0. The summed E-state index contributed by atoms with van der Waals surface area (Å²) in [5.41, 5.74) is 0. The fourth-order valence-electron chi connectivity index (χ4n) is 0.303. The van der Waals surface area contributed by atoms with Gasteiger partial charge in [0.25, 0.3) is 0 Å². The van der Waals surface area contributed by atoms with Gasteiger partial charge in [-0.2, -0.15) is 0 Å². The molecular formula is C5H6N2O3Y-2. The van der Waals surface area contributed by atoms with Gasteiger partial charge < -0.3 is 24.2 Å². The molecule has 0 aromatic heterocycles. The molecule has 5 nitrogen and oxygen atoms in total. The van der Waals surface area contributed by atoms with Gasteiger partial charge in [-0.05, 0) is 14.1 Å². The number of nitrogens with zero attached hydrogens (tertiary/aromatic N) is 2. The third kappa shape index (κ3) is 4.21. The third-order valence-corrected chi connectivity index (χ3v) is 0.848. The Hall–Kier alpha value is -0.286. The van der Waals surface area contributed by atoms with Crippen LogP contribution in [0.25, 0.3) is 0 Å². The summed E-state index contributed by atoms with van der Waals surface area (Å²) in [5.74, 6) is 0. The van der Waals surface area contributed by atoms with Gasteiger partial charge in [0.1, 0.15) is 0 Å². The Kier molecular flexibility index (Phi) is 7.78. The number of carbonyl (C=O) groups excluding carboxylic acids is 3. The van der Waals surface area contributed by atoms with Crippen LogP contribution in [0.5, 0.6) is 0 Å². The monoisotopic (exact) mass is 231 g/mol. The fraction of sp³-hybridized carbons (Fsp3) is 0.400. The molecule has 0 N–H and O–H groups in total. The number of urea groups is 1. The summed E-state index contributed by atoms with van der Waals surface area (Å²) in [4.78, 5) is 31.4. The van der Waals surface area contributed by atoms with E-state index in [0.717, 1.165) is 0 Å². The van der Waals surface area contributed by atoms with Crippen molar-refractivity contribution >= 4 is 18.9 Å². The molecule has 0 rings (SSSR count). The molecule has 4 amide bonds. The van der Waals surface area contributed by atoms with Crippen LogP contribution in [0.2, 0.25) is 0 Å². The number of carbonyl (C=O) groups is 1. The standard InChI is InChI=1S/C5H6N2O3.Y/c1-6(3-8)5(10)7(2)4-9;/h1-2H3;/q-2;. The first-order valence-corrected chi connectivity index (χ1v) is 2.40. The normalized spacial score (nSPS) is 7.45. The maximum absolute atomic E-state index is 10.6. The summed E-state index contributed by atoms with van der Waals surface area (Å²) < 4.78 is 0. The molecule has 0 spiro atoms. The van der Waals surface area contributed by atoms with Gasteiger partial charge >= 0.3 is 0 Å². The van der Waals surface area contributed by atoms with E-state index in [0.29, 0.717) is 9.80 Å². The molecular weight excluding hydrogens is 225 g/mol. The van der Waals surface area contributed by atoms with Gasteiger partial charge in [0.05, 0.1) is 12.8 Å². The van der Waals surface area contributed by atoms with Gasteiger partial charge in [-0.3, -0.25) is 0 Å². The minimum Gasteiger partial charge on any atom is -0.434 e. The van der Waals surface area contributed by atoms with E-state index in [2.05, 4.69) is 0 Å². The Labute approximate surface area is 89.6 Å². The van der Waals surface area contributed by atoms with Gasteiger partial charge in [-0.1, -0.05) is 0 Å². The first-order valence-electron chi connectivity index (χ1n) is 2.40. The molecule has 0 atom stereocenters. The Morgan fingerprint density at radius 1 is 1.09 bits per heavy atom. The molecule has 0 saturated carbocycles. The van der Waals surface area contributed by atoms with Crippen LogP contribution in [0.15, 0.2) is 0 Å². The van der Waals surface area contributed by atoms with Crippen LogP contribution in [0, 0.1) is 0 Å². The first kappa shape index (κ1) is 13.3. The fourth-order valence-corrected chi connectivity index (χ4v) is 0.303. The third-order valence-electron chi connectivity index (χ3n) is 0.848. The van der Waals surface area contributed by atoms with E-state index in [1.54, 1.807) is 0 Å². The molecule has 0 aromatic rings. The quantitative estimate of drug-likeness (QED) is 0.457. The average Bonchev–Trinajstić information content (AvgIpc) is 2.00. The molecule has 0 saturated heterocycles. The molecule has 0 aliphatic heterocycles. The molecule has 1 radical (unpaired) electrons. The number of imide groups is 2. The number of hydrogen-bond acceptors (Lipinski definition) is 3. The molecule has 0 aliphatic carbocycles. The van der Waals surface area contributed by atoms with E-state index in [9.17, 15) is 14.4 Å². The van der Waals surface area contributed by atoms with Crippen LogP contribution in [0.3, 0.4) is 0 Å². The first-order chi connectivity index (χ1) is 4.63. The summed E-state index contributed by atoms with van der Waals surface area (Å²) >= 11 is 0. The molecule has 0 unspecified atom stereocenters. The average molecular weight is 231 g/mol. The largest absolute Gasteiger partial charge is 0.434 e. The van der Waals surface area contributed by atoms with Crippen molar-refractivity contribution in [3.05, 3.63) is 0 Å². The van der Waals surface area contributed by atoms with Gasteiger partial charge in [-0.15, -0.1) is 0 Å². The van der Waals surface area contributed by atoms with Gasteiger partial charge in [0.2, 0.25) is 0 Å². The molecule has 6 heteroatoms. The van der Waals surface area contributed by atoms with Crippen LogP contribution < -0.4 is 0 Å².